The Morgan fingerprint density at radius 3 is 1.44 bits per heavy atom. The summed E-state index contributed by atoms with van der Waals surface area (Å²) in [6.45, 7) is 3.96. The Kier molecular flexibility index (Phi) is 1.82. The smallest absolute Gasteiger partial charge is 0.0382 e. The minimum atomic E-state index is 0.954. The molecule has 1 N–H and O–H groups in total. The van der Waals surface area contributed by atoms with E-state index in [1.54, 1.807) is 0 Å². The molecule has 0 bridgehead atoms. The van der Waals surface area contributed by atoms with E-state index in [1.807, 2.05) is 13.8 Å². The van der Waals surface area contributed by atoms with E-state index < -0.39 is 0 Å². The highest BCUT2D eigenvalue weighted by atomic mass is 32.1. The third-order valence-electron chi connectivity index (χ3n) is 1.31. The van der Waals surface area contributed by atoms with E-state index >= 15 is 0 Å². The molecular formula is C6H9NS2. The molecule has 1 rings (SSSR count). The standard InChI is InChI=1S/C6H9NS2/c1-3-5(8)6(9)4(2)7-3/h7-9H,1-2H3. The van der Waals surface area contributed by atoms with Crippen LogP contribution >= 0.6 is 25.3 Å². The first-order valence-electron chi connectivity index (χ1n) is 2.70. The van der Waals surface area contributed by atoms with Crippen molar-refractivity contribution in [3.05, 3.63) is 11.4 Å². The summed E-state index contributed by atoms with van der Waals surface area (Å²) in [4.78, 5) is 5.03. The normalized spacial score (nSPS) is 10.2. The predicted octanol–water partition coefficient (Wildman–Crippen LogP) is 2.21. The lowest BCUT2D eigenvalue weighted by molar-refractivity contribution is 1.16. The van der Waals surface area contributed by atoms with Gasteiger partial charge in [-0.3, -0.25) is 0 Å². The van der Waals surface area contributed by atoms with E-state index in [-0.39, 0.29) is 0 Å². The maximum absolute atomic E-state index is 4.22. The molecule has 0 unspecified atom stereocenters. The molecule has 0 aromatic carbocycles. The van der Waals surface area contributed by atoms with Crippen LogP contribution in [-0.4, -0.2) is 4.98 Å². The van der Waals surface area contributed by atoms with Gasteiger partial charge in [-0.2, -0.15) is 0 Å². The number of nitrogens with one attached hydrogen (secondary N) is 1. The van der Waals surface area contributed by atoms with Gasteiger partial charge in [-0.1, -0.05) is 0 Å². The summed E-state index contributed by atoms with van der Waals surface area (Å²) in [5, 5.41) is 0. The second-order valence-corrected chi connectivity index (χ2v) is 2.97. The number of rotatable bonds is 0. The van der Waals surface area contributed by atoms with Gasteiger partial charge in [-0.05, 0) is 13.8 Å². The highest BCUT2D eigenvalue weighted by molar-refractivity contribution is 7.83. The molecule has 9 heavy (non-hydrogen) atoms. The Labute approximate surface area is 65.7 Å². The molecule has 1 nitrogen and oxygen atoms in total. The van der Waals surface area contributed by atoms with Crippen molar-refractivity contribution in [1.82, 2.24) is 4.98 Å². The van der Waals surface area contributed by atoms with Crippen molar-refractivity contribution in [2.75, 3.05) is 0 Å². The molecule has 3 heteroatoms. The van der Waals surface area contributed by atoms with Gasteiger partial charge < -0.3 is 4.98 Å². The molecule has 0 fully saturated rings. The van der Waals surface area contributed by atoms with Gasteiger partial charge in [0.15, 0.2) is 0 Å². The van der Waals surface area contributed by atoms with E-state index in [0.717, 1.165) is 21.2 Å². The molecule has 0 aliphatic heterocycles. The summed E-state index contributed by atoms with van der Waals surface area (Å²) in [7, 11) is 0. The maximum atomic E-state index is 4.22. The number of H-pyrrole nitrogens is 1. The summed E-state index contributed by atoms with van der Waals surface area (Å²) in [6, 6.07) is 0. The molecule has 0 atom stereocenters. The van der Waals surface area contributed by atoms with Gasteiger partial charge in [0.05, 0.1) is 0 Å². The van der Waals surface area contributed by atoms with Crippen LogP contribution in [0, 0.1) is 13.8 Å². The Hall–Kier alpha value is -0.0200. The van der Waals surface area contributed by atoms with Crippen LogP contribution in [0.5, 0.6) is 0 Å². The highest BCUT2D eigenvalue weighted by Crippen LogP contribution is 2.24. The van der Waals surface area contributed by atoms with E-state index in [1.165, 1.54) is 0 Å². The summed E-state index contributed by atoms with van der Waals surface area (Å²) in [6.07, 6.45) is 0. The monoisotopic (exact) mass is 159 g/mol. The number of hydrogen-bond donors (Lipinski definition) is 3. The van der Waals surface area contributed by atoms with Gasteiger partial charge in [0.2, 0.25) is 0 Å². The van der Waals surface area contributed by atoms with E-state index in [9.17, 15) is 0 Å². The molecule has 0 saturated heterocycles. The largest absolute Gasteiger partial charge is 0.361 e. The van der Waals surface area contributed by atoms with Crippen LogP contribution in [0.25, 0.3) is 0 Å². The zero-order valence-corrected chi connectivity index (χ0v) is 7.18. The van der Waals surface area contributed by atoms with Gasteiger partial charge in [0, 0.05) is 21.2 Å². The Bertz CT molecular complexity index is 205. The lowest BCUT2D eigenvalue weighted by atomic mass is 10.4. The second kappa shape index (κ2) is 2.31. The first-order valence-corrected chi connectivity index (χ1v) is 3.59. The number of aromatic amines is 1. The highest BCUT2D eigenvalue weighted by Gasteiger charge is 2.03. The SMILES string of the molecule is Cc1[nH]c(C)c(S)c1S. The van der Waals surface area contributed by atoms with E-state index in [0.29, 0.717) is 0 Å². The van der Waals surface area contributed by atoms with Crippen LogP contribution in [-0.2, 0) is 0 Å². The quantitative estimate of drug-likeness (QED) is 0.481. The van der Waals surface area contributed by atoms with Crippen molar-refractivity contribution >= 4 is 25.3 Å². The van der Waals surface area contributed by atoms with E-state index in [4.69, 9.17) is 0 Å². The molecule has 1 aromatic heterocycles. The average molecular weight is 159 g/mol. The fraction of sp³-hybridized carbons (Fsp3) is 0.333. The van der Waals surface area contributed by atoms with Crippen LogP contribution in [0.4, 0.5) is 0 Å². The van der Waals surface area contributed by atoms with Crippen molar-refractivity contribution in [2.45, 2.75) is 23.6 Å². The molecule has 50 valence electrons. The lowest BCUT2D eigenvalue weighted by Crippen LogP contribution is -1.69. The minimum Gasteiger partial charge on any atom is -0.361 e. The summed E-state index contributed by atoms with van der Waals surface area (Å²) in [5.41, 5.74) is 2.17. The molecule has 0 radical (unpaired) electrons. The first kappa shape index (κ1) is 7.09. The average Bonchev–Trinajstić information content (AvgIpc) is 1.98. The van der Waals surface area contributed by atoms with Gasteiger partial charge in [0.1, 0.15) is 0 Å². The predicted molar refractivity (Wildman–Crippen MR) is 44.8 cm³/mol. The zero-order valence-electron chi connectivity index (χ0n) is 5.39. The third-order valence-corrected chi connectivity index (χ3v) is 2.60. The second-order valence-electron chi connectivity index (χ2n) is 2.07. The molecule has 0 aliphatic carbocycles. The fourth-order valence-electron chi connectivity index (χ4n) is 0.755. The van der Waals surface area contributed by atoms with E-state index in [2.05, 4.69) is 30.2 Å². The number of thiol groups is 2. The fourth-order valence-corrected chi connectivity index (χ4v) is 1.20. The molecule has 0 saturated carbocycles. The summed E-state index contributed by atoms with van der Waals surface area (Å²) in [5.74, 6) is 0. The molecule has 0 amide bonds. The molecule has 1 aromatic rings. The molecular weight excluding hydrogens is 150 g/mol. The van der Waals surface area contributed by atoms with Crippen molar-refractivity contribution in [3.63, 3.8) is 0 Å². The first-order chi connectivity index (χ1) is 4.13. The lowest BCUT2D eigenvalue weighted by Gasteiger charge is -1.86. The van der Waals surface area contributed by atoms with Crippen molar-refractivity contribution < 1.29 is 0 Å². The molecule has 1 heterocycles. The van der Waals surface area contributed by atoms with Crippen molar-refractivity contribution in [2.24, 2.45) is 0 Å². The summed E-state index contributed by atoms with van der Waals surface area (Å²) >= 11 is 8.45. The Morgan fingerprint density at radius 2 is 1.33 bits per heavy atom. The van der Waals surface area contributed by atoms with Gasteiger partial charge in [0.25, 0.3) is 0 Å². The van der Waals surface area contributed by atoms with Crippen molar-refractivity contribution in [3.8, 4) is 0 Å². The molecule has 0 aliphatic rings. The molecule has 0 spiro atoms. The van der Waals surface area contributed by atoms with Crippen LogP contribution in [0.2, 0.25) is 0 Å². The number of aryl methyl sites for hydroxylation is 2. The van der Waals surface area contributed by atoms with Gasteiger partial charge in [-0.15, -0.1) is 25.3 Å². The topological polar surface area (TPSA) is 15.8 Å². The third kappa shape index (κ3) is 1.12. The number of aromatic nitrogens is 1. The van der Waals surface area contributed by atoms with Crippen LogP contribution in [0.3, 0.4) is 0 Å². The van der Waals surface area contributed by atoms with Crippen molar-refractivity contribution in [1.29, 1.82) is 0 Å². The zero-order chi connectivity index (χ0) is 7.02. The summed E-state index contributed by atoms with van der Waals surface area (Å²) < 4.78 is 0. The maximum Gasteiger partial charge on any atom is 0.0382 e. The minimum absolute atomic E-state index is 0.954. The Morgan fingerprint density at radius 1 is 1.00 bits per heavy atom. The van der Waals surface area contributed by atoms with Crippen LogP contribution < -0.4 is 0 Å². The van der Waals surface area contributed by atoms with Gasteiger partial charge in [-0.25, -0.2) is 0 Å². The van der Waals surface area contributed by atoms with Gasteiger partial charge >= 0.3 is 0 Å². The van der Waals surface area contributed by atoms with Crippen LogP contribution in [0.1, 0.15) is 11.4 Å². The van der Waals surface area contributed by atoms with Crippen LogP contribution in [0.15, 0.2) is 9.79 Å². The number of hydrogen-bond acceptors (Lipinski definition) is 2. The Balaban J connectivity index is 3.29.